The molecule has 0 bridgehead atoms. The van der Waals surface area contributed by atoms with Crippen molar-refractivity contribution in [2.45, 2.75) is 83.7 Å². The van der Waals surface area contributed by atoms with E-state index in [1.54, 1.807) is 6.92 Å². The highest BCUT2D eigenvalue weighted by Crippen LogP contribution is 2.60. The molecule has 0 amide bonds. The lowest BCUT2D eigenvalue weighted by Gasteiger charge is -2.60. The third-order valence-corrected chi connectivity index (χ3v) is 8.03. The van der Waals surface area contributed by atoms with E-state index in [0.29, 0.717) is 17.1 Å². The van der Waals surface area contributed by atoms with Crippen molar-refractivity contribution in [3.05, 3.63) is 0 Å². The molecule has 1 spiro atoms. The maximum Gasteiger partial charge on any atom is 0.132 e. The topological polar surface area (TPSA) is 23.6 Å². The monoisotopic (exact) mass is 332 g/mol. The van der Waals surface area contributed by atoms with E-state index < -0.39 is 0 Å². The number of hydrogen-bond donors (Lipinski definition) is 0. The van der Waals surface area contributed by atoms with Gasteiger partial charge < -0.3 is 9.80 Å². The van der Waals surface area contributed by atoms with Crippen LogP contribution in [0.25, 0.3) is 0 Å². The van der Waals surface area contributed by atoms with E-state index >= 15 is 0 Å². The molecule has 2 aliphatic carbocycles. The fourth-order valence-corrected chi connectivity index (χ4v) is 6.15. The molecule has 2 heterocycles. The van der Waals surface area contributed by atoms with Crippen molar-refractivity contribution < 1.29 is 4.79 Å². The van der Waals surface area contributed by atoms with Gasteiger partial charge in [-0.25, -0.2) is 0 Å². The molecular formula is C21H36N2O. The van der Waals surface area contributed by atoms with Gasteiger partial charge in [0.1, 0.15) is 5.78 Å². The van der Waals surface area contributed by atoms with E-state index in [0.717, 1.165) is 18.0 Å². The summed E-state index contributed by atoms with van der Waals surface area (Å²) >= 11 is 0. The van der Waals surface area contributed by atoms with Gasteiger partial charge in [0.05, 0.1) is 0 Å². The van der Waals surface area contributed by atoms with Gasteiger partial charge in [-0.3, -0.25) is 4.79 Å². The fourth-order valence-electron chi connectivity index (χ4n) is 6.15. The number of Topliss-reactive ketones (excluding diaryl/α,β-unsaturated/α-hetero) is 1. The number of likely N-dealkylation sites (tertiary alicyclic amines) is 2. The Morgan fingerprint density at radius 3 is 1.96 bits per heavy atom. The SMILES string of the molecule is CCC1CCN(C2CCN(C3CC4(CC(C(C)=O)C4)C3)CC2)CC1. The van der Waals surface area contributed by atoms with Crippen molar-refractivity contribution in [2.75, 3.05) is 26.2 Å². The van der Waals surface area contributed by atoms with Crippen LogP contribution >= 0.6 is 0 Å². The molecule has 4 fully saturated rings. The van der Waals surface area contributed by atoms with Gasteiger partial charge in [-0.2, -0.15) is 0 Å². The summed E-state index contributed by atoms with van der Waals surface area (Å²) < 4.78 is 0. The van der Waals surface area contributed by atoms with E-state index in [4.69, 9.17) is 0 Å². The Balaban J connectivity index is 1.18. The first kappa shape index (κ1) is 17.0. The van der Waals surface area contributed by atoms with Crippen molar-refractivity contribution in [3.63, 3.8) is 0 Å². The summed E-state index contributed by atoms with van der Waals surface area (Å²) in [7, 11) is 0. The molecule has 2 aliphatic heterocycles. The number of ketones is 1. The van der Waals surface area contributed by atoms with Gasteiger partial charge in [-0.05, 0) is 95.8 Å². The summed E-state index contributed by atoms with van der Waals surface area (Å²) in [4.78, 5) is 17.0. The maximum atomic E-state index is 11.4. The fraction of sp³-hybridized carbons (Fsp3) is 0.952. The Morgan fingerprint density at radius 1 is 0.875 bits per heavy atom. The number of rotatable bonds is 4. The first-order valence-electron chi connectivity index (χ1n) is 10.6. The van der Waals surface area contributed by atoms with Gasteiger partial charge in [0.25, 0.3) is 0 Å². The van der Waals surface area contributed by atoms with E-state index in [9.17, 15) is 4.79 Å². The number of carbonyl (C=O) groups is 1. The Morgan fingerprint density at radius 2 is 1.42 bits per heavy atom. The molecule has 0 aromatic heterocycles. The molecule has 3 heteroatoms. The first-order valence-corrected chi connectivity index (χ1v) is 10.6. The summed E-state index contributed by atoms with van der Waals surface area (Å²) in [6.45, 7) is 9.46. The van der Waals surface area contributed by atoms with E-state index in [2.05, 4.69) is 16.7 Å². The lowest BCUT2D eigenvalue weighted by molar-refractivity contribution is -0.140. The minimum atomic E-state index is 0.405. The summed E-state index contributed by atoms with van der Waals surface area (Å²) in [5.74, 6) is 1.83. The third-order valence-electron chi connectivity index (χ3n) is 8.03. The van der Waals surface area contributed by atoms with Crippen molar-refractivity contribution in [1.29, 1.82) is 0 Å². The Bertz CT molecular complexity index is 446. The second-order valence-electron chi connectivity index (χ2n) is 9.43. The van der Waals surface area contributed by atoms with Crippen molar-refractivity contribution in [2.24, 2.45) is 17.3 Å². The number of nitrogens with zero attached hydrogens (tertiary/aromatic N) is 2. The summed E-state index contributed by atoms with van der Waals surface area (Å²) in [5, 5.41) is 0. The van der Waals surface area contributed by atoms with Crippen LogP contribution in [0.3, 0.4) is 0 Å². The molecule has 4 aliphatic rings. The zero-order valence-electron chi connectivity index (χ0n) is 15.8. The van der Waals surface area contributed by atoms with Crippen LogP contribution in [0.5, 0.6) is 0 Å². The molecule has 0 N–H and O–H groups in total. The second-order valence-corrected chi connectivity index (χ2v) is 9.43. The predicted octanol–water partition coefficient (Wildman–Crippen LogP) is 3.72. The molecule has 0 aromatic carbocycles. The van der Waals surface area contributed by atoms with Crippen LogP contribution in [0.15, 0.2) is 0 Å². The van der Waals surface area contributed by atoms with Gasteiger partial charge in [0.15, 0.2) is 0 Å². The third kappa shape index (κ3) is 3.19. The molecule has 4 rings (SSSR count). The van der Waals surface area contributed by atoms with Gasteiger partial charge in [-0.1, -0.05) is 13.3 Å². The molecule has 136 valence electrons. The van der Waals surface area contributed by atoms with Gasteiger partial charge in [0, 0.05) is 18.0 Å². The van der Waals surface area contributed by atoms with Crippen molar-refractivity contribution in [3.8, 4) is 0 Å². The Hall–Kier alpha value is -0.410. The number of carbonyl (C=O) groups excluding carboxylic acids is 1. The predicted molar refractivity (Wildman–Crippen MR) is 98.0 cm³/mol. The summed E-state index contributed by atoms with van der Waals surface area (Å²) in [6.07, 6.45) is 12.2. The zero-order chi connectivity index (χ0) is 16.7. The largest absolute Gasteiger partial charge is 0.300 e. The molecular weight excluding hydrogens is 296 g/mol. The number of hydrogen-bond acceptors (Lipinski definition) is 3. The van der Waals surface area contributed by atoms with E-state index in [1.807, 2.05) is 0 Å². The van der Waals surface area contributed by atoms with Crippen LogP contribution in [-0.4, -0.2) is 53.8 Å². The van der Waals surface area contributed by atoms with Crippen LogP contribution in [0.1, 0.15) is 71.6 Å². The summed E-state index contributed by atoms with van der Waals surface area (Å²) in [6, 6.07) is 1.70. The maximum absolute atomic E-state index is 11.4. The smallest absolute Gasteiger partial charge is 0.132 e. The molecule has 0 unspecified atom stereocenters. The lowest BCUT2D eigenvalue weighted by atomic mass is 9.49. The average Bonchev–Trinajstić information content (AvgIpc) is 2.53. The van der Waals surface area contributed by atoms with E-state index in [-0.39, 0.29) is 0 Å². The zero-order valence-corrected chi connectivity index (χ0v) is 15.8. The molecule has 0 radical (unpaired) electrons. The van der Waals surface area contributed by atoms with Crippen molar-refractivity contribution in [1.82, 2.24) is 9.80 Å². The Kier molecular flexibility index (Phi) is 4.77. The minimum Gasteiger partial charge on any atom is -0.300 e. The van der Waals surface area contributed by atoms with Crippen molar-refractivity contribution >= 4 is 5.78 Å². The van der Waals surface area contributed by atoms with Gasteiger partial charge >= 0.3 is 0 Å². The van der Waals surface area contributed by atoms with Crippen LogP contribution in [0.2, 0.25) is 0 Å². The normalized spacial score (nSPS) is 39.6. The highest BCUT2D eigenvalue weighted by molar-refractivity contribution is 5.79. The van der Waals surface area contributed by atoms with Gasteiger partial charge in [-0.15, -0.1) is 0 Å². The highest BCUT2D eigenvalue weighted by Gasteiger charge is 2.55. The van der Waals surface area contributed by atoms with Gasteiger partial charge in [0.2, 0.25) is 0 Å². The standard InChI is InChI=1S/C21H36N2O/c1-3-17-4-8-22(9-5-17)19-6-10-23(11-7-19)20-14-21(15-20)12-18(13-21)16(2)24/h17-20H,3-15H2,1-2H3. The lowest BCUT2D eigenvalue weighted by Crippen LogP contribution is -2.59. The highest BCUT2D eigenvalue weighted by atomic mass is 16.1. The molecule has 0 atom stereocenters. The quantitative estimate of drug-likeness (QED) is 0.784. The molecule has 3 nitrogen and oxygen atoms in total. The second kappa shape index (κ2) is 6.72. The van der Waals surface area contributed by atoms with Crippen LogP contribution in [-0.2, 0) is 4.79 Å². The molecule has 0 aromatic rings. The average molecular weight is 333 g/mol. The molecule has 24 heavy (non-hydrogen) atoms. The van der Waals surface area contributed by atoms with E-state index in [1.165, 1.54) is 84.0 Å². The summed E-state index contributed by atoms with van der Waals surface area (Å²) in [5.41, 5.74) is 0.583. The minimum absolute atomic E-state index is 0.405. The Labute approximate surface area is 148 Å². The molecule has 2 saturated heterocycles. The first-order chi connectivity index (χ1) is 11.6. The van der Waals surface area contributed by atoms with Crippen LogP contribution in [0, 0.1) is 17.3 Å². The van der Waals surface area contributed by atoms with Crippen LogP contribution < -0.4 is 0 Å². The number of piperidine rings is 2. The van der Waals surface area contributed by atoms with Crippen LogP contribution in [0.4, 0.5) is 0 Å². The molecule has 2 saturated carbocycles.